The van der Waals surface area contributed by atoms with Crippen LogP contribution in [0.25, 0.3) is 0 Å². The normalized spacial score (nSPS) is 12.6. The maximum Gasteiger partial charge on any atom is 0.408 e. The molecule has 10 heteroatoms. The molecule has 0 aromatic heterocycles. The molecule has 0 spiro atoms. The molecule has 204 valence electrons. The van der Waals surface area contributed by atoms with E-state index in [0.29, 0.717) is 5.56 Å². The van der Waals surface area contributed by atoms with Crippen LogP contribution in [0.15, 0.2) is 24.3 Å². The van der Waals surface area contributed by atoms with Gasteiger partial charge in [0.1, 0.15) is 24.2 Å². The molecule has 2 unspecified atom stereocenters. The van der Waals surface area contributed by atoms with Gasteiger partial charge in [-0.25, -0.2) is 4.79 Å². The Morgan fingerprint density at radius 1 is 1.14 bits per heavy atom. The van der Waals surface area contributed by atoms with Crippen LogP contribution < -0.4 is 10.6 Å². The molecule has 0 radical (unpaired) electrons. The lowest BCUT2D eigenvalue weighted by Crippen LogP contribution is -2.53. The van der Waals surface area contributed by atoms with E-state index in [2.05, 4.69) is 10.6 Å². The molecular formula is C27H40N4O6. The number of hydrogen-bond donors (Lipinski definition) is 2. The molecule has 0 aliphatic carbocycles. The predicted octanol–water partition coefficient (Wildman–Crippen LogP) is 3.40. The standard InChI is InChI=1S/C27H40N4O6/c1-8-36-22(32)13-15-29-24(33)23(20-12-10-9-11-19(20)4)31(16-14-28)25(34)21(17-18(2)3)30-26(35)37-27(5,6)7/h9-12,18,21,23H,8,13,15-17H2,1-7H3,(H,29,33)(H,30,35). The molecule has 10 nitrogen and oxygen atoms in total. The minimum atomic E-state index is -1.16. The molecule has 0 fully saturated rings. The van der Waals surface area contributed by atoms with Crippen LogP contribution >= 0.6 is 0 Å². The summed E-state index contributed by atoms with van der Waals surface area (Å²) in [5, 5.41) is 14.9. The van der Waals surface area contributed by atoms with E-state index in [1.54, 1.807) is 58.9 Å². The van der Waals surface area contributed by atoms with Gasteiger partial charge in [-0.15, -0.1) is 0 Å². The molecule has 37 heavy (non-hydrogen) atoms. The third-order valence-corrected chi connectivity index (χ3v) is 5.20. The Morgan fingerprint density at radius 2 is 1.78 bits per heavy atom. The Kier molecular flexibility index (Phi) is 12.6. The van der Waals surface area contributed by atoms with Crippen molar-refractivity contribution in [2.45, 2.75) is 79.0 Å². The van der Waals surface area contributed by atoms with E-state index < -0.39 is 48.1 Å². The lowest BCUT2D eigenvalue weighted by atomic mass is 9.96. The number of hydrogen-bond acceptors (Lipinski definition) is 7. The van der Waals surface area contributed by atoms with Crippen molar-refractivity contribution in [1.82, 2.24) is 15.5 Å². The molecular weight excluding hydrogens is 476 g/mol. The van der Waals surface area contributed by atoms with Crippen molar-refractivity contribution in [3.63, 3.8) is 0 Å². The summed E-state index contributed by atoms with van der Waals surface area (Å²) < 4.78 is 10.2. The second-order valence-corrected chi connectivity index (χ2v) is 10.1. The van der Waals surface area contributed by atoms with E-state index in [1.807, 2.05) is 19.9 Å². The van der Waals surface area contributed by atoms with Gasteiger partial charge in [-0.1, -0.05) is 38.1 Å². The number of benzene rings is 1. The molecule has 0 bridgehead atoms. The topological polar surface area (TPSA) is 138 Å². The van der Waals surface area contributed by atoms with Crippen LogP contribution in [0.3, 0.4) is 0 Å². The summed E-state index contributed by atoms with van der Waals surface area (Å²) in [7, 11) is 0. The number of aryl methyl sites for hydroxylation is 1. The van der Waals surface area contributed by atoms with E-state index in [-0.39, 0.29) is 31.9 Å². The number of carbonyl (C=O) groups is 4. The fraction of sp³-hybridized carbons (Fsp3) is 0.593. The van der Waals surface area contributed by atoms with Crippen LogP contribution in [0.1, 0.15) is 71.6 Å². The van der Waals surface area contributed by atoms with Crippen LogP contribution in [-0.2, 0) is 23.9 Å². The smallest absolute Gasteiger partial charge is 0.408 e. The summed E-state index contributed by atoms with van der Waals surface area (Å²) in [5.74, 6) is -1.58. The van der Waals surface area contributed by atoms with Crippen molar-refractivity contribution in [2.75, 3.05) is 19.7 Å². The number of nitriles is 1. The number of nitrogens with one attached hydrogen (secondary N) is 2. The van der Waals surface area contributed by atoms with Crippen molar-refractivity contribution >= 4 is 23.9 Å². The molecule has 0 heterocycles. The lowest BCUT2D eigenvalue weighted by molar-refractivity contribution is -0.144. The van der Waals surface area contributed by atoms with Gasteiger partial charge in [-0.05, 0) is 58.1 Å². The molecule has 1 aromatic rings. The lowest BCUT2D eigenvalue weighted by Gasteiger charge is -2.34. The number of amides is 3. The van der Waals surface area contributed by atoms with Gasteiger partial charge < -0.3 is 25.0 Å². The number of alkyl carbamates (subject to hydrolysis) is 1. The second kappa shape index (κ2) is 14.8. The van der Waals surface area contributed by atoms with Gasteiger partial charge in [0.2, 0.25) is 11.8 Å². The van der Waals surface area contributed by atoms with Crippen LogP contribution in [0, 0.1) is 24.2 Å². The Labute approximate surface area is 219 Å². The summed E-state index contributed by atoms with van der Waals surface area (Å²) in [6.07, 6.45) is -0.539. The van der Waals surface area contributed by atoms with Crippen LogP contribution in [0.2, 0.25) is 0 Å². The third kappa shape index (κ3) is 10.9. The van der Waals surface area contributed by atoms with Gasteiger partial charge in [0.05, 0.1) is 19.1 Å². The first kappa shape index (κ1) is 31.4. The molecule has 0 aliphatic heterocycles. The van der Waals surface area contributed by atoms with Crippen molar-refractivity contribution in [1.29, 1.82) is 5.26 Å². The summed E-state index contributed by atoms with van der Waals surface area (Å²) >= 11 is 0. The molecule has 0 saturated heterocycles. The first-order chi connectivity index (χ1) is 17.3. The van der Waals surface area contributed by atoms with Gasteiger partial charge >= 0.3 is 12.1 Å². The summed E-state index contributed by atoms with van der Waals surface area (Å²) in [6.45, 7) is 12.2. The monoisotopic (exact) mass is 516 g/mol. The molecule has 2 N–H and O–H groups in total. The van der Waals surface area contributed by atoms with Crippen LogP contribution in [-0.4, -0.2) is 60.1 Å². The number of rotatable bonds is 12. The second-order valence-electron chi connectivity index (χ2n) is 10.1. The first-order valence-corrected chi connectivity index (χ1v) is 12.5. The highest BCUT2D eigenvalue weighted by molar-refractivity contribution is 5.92. The van der Waals surface area contributed by atoms with E-state index in [9.17, 15) is 24.4 Å². The van der Waals surface area contributed by atoms with Gasteiger partial charge in [0.25, 0.3) is 0 Å². The number of ether oxygens (including phenoxy) is 2. The highest BCUT2D eigenvalue weighted by atomic mass is 16.6. The van der Waals surface area contributed by atoms with Gasteiger partial charge in [-0.3, -0.25) is 14.4 Å². The van der Waals surface area contributed by atoms with E-state index in [1.165, 1.54) is 0 Å². The highest BCUT2D eigenvalue weighted by Crippen LogP contribution is 2.26. The largest absolute Gasteiger partial charge is 0.466 e. The van der Waals surface area contributed by atoms with Crippen molar-refractivity contribution in [3.8, 4) is 6.07 Å². The predicted molar refractivity (Wildman–Crippen MR) is 138 cm³/mol. The summed E-state index contributed by atoms with van der Waals surface area (Å²) in [4.78, 5) is 52.7. The van der Waals surface area contributed by atoms with Gasteiger partial charge in [-0.2, -0.15) is 5.26 Å². The first-order valence-electron chi connectivity index (χ1n) is 12.5. The van der Waals surface area contributed by atoms with Crippen molar-refractivity contribution in [3.05, 3.63) is 35.4 Å². The zero-order valence-corrected chi connectivity index (χ0v) is 22.9. The maximum atomic E-state index is 13.8. The summed E-state index contributed by atoms with van der Waals surface area (Å²) in [5.41, 5.74) is 0.495. The molecule has 1 aromatic carbocycles. The minimum Gasteiger partial charge on any atom is -0.466 e. The zero-order valence-electron chi connectivity index (χ0n) is 22.9. The number of carbonyl (C=O) groups excluding carboxylic acids is 4. The van der Waals surface area contributed by atoms with Crippen molar-refractivity contribution < 1.29 is 28.7 Å². The van der Waals surface area contributed by atoms with E-state index >= 15 is 0 Å². The summed E-state index contributed by atoms with van der Waals surface area (Å²) in [6, 6.07) is 6.83. The SMILES string of the molecule is CCOC(=O)CCNC(=O)C(c1ccccc1C)N(CC#N)C(=O)C(CC(C)C)NC(=O)OC(C)(C)C. The average Bonchev–Trinajstić information content (AvgIpc) is 2.77. The molecule has 1 rings (SSSR count). The Morgan fingerprint density at radius 3 is 2.32 bits per heavy atom. The van der Waals surface area contributed by atoms with Crippen molar-refractivity contribution in [2.24, 2.45) is 5.92 Å². The third-order valence-electron chi connectivity index (χ3n) is 5.20. The fourth-order valence-electron chi connectivity index (χ4n) is 3.68. The molecule has 0 saturated carbocycles. The quantitative estimate of drug-likeness (QED) is 0.321. The Bertz CT molecular complexity index is 980. The van der Waals surface area contributed by atoms with Crippen LogP contribution in [0.4, 0.5) is 4.79 Å². The number of nitrogens with zero attached hydrogens (tertiary/aromatic N) is 2. The number of esters is 1. The molecule has 3 amide bonds. The average molecular weight is 517 g/mol. The van der Waals surface area contributed by atoms with E-state index in [4.69, 9.17) is 9.47 Å². The molecule has 2 atom stereocenters. The molecule has 0 aliphatic rings. The zero-order chi connectivity index (χ0) is 28.2. The fourth-order valence-corrected chi connectivity index (χ4v) is 3.68. The van der Waals surface area contributed by atoms with Gasteiger partial charge in [0, 0.05) is 6.54 Å². The van der Waals surface area contributed by atoms with E-state index in [0.717, 1.165) is 10.5 Å². The van der Waals surface area contributed by atoms with Crippen LogP contribution in [0.5, 0.6) is 0 Å². The Balaban J connectivity index is 3.37. The Hall–Kier alpha value is -3.61. The van der Waals surface area contributed by atoms with Gasteiger partial charge in [0.15, 0.2) is 0 Å². The maximum absolute atomic E-state index is 13.8. The highest BCUT2D eigenvalue weighted by Gasteiger charge is 2.37. The minimum absolute atomic E-state index is 0.000211.